The van der Waals surface area contributed by atoms with Crippen molar-refractivity contribution in [3.05, 3.63) is 11.9 Å². The van der Waals surface area contributed by atoms with E-state index in [1.54, 1.807) is 13.3 Å². The zero-order valence-electron chi connectivity index (χ0n) is 12.2. The van der Waals surface area contributed by atoms with Gasteiger partial charge in [-0.25, -0.2) is 8.78 Å². The van der Waals surface area contributed by atoms with Crippen LogP contribution in [0.2, 0.25) is 0 Å². The number of ether oxygens (including phenoxy) is 2. The first-order valence-corrected chi connectivity index (χ1v) is 6.76. The molecule has 1 N–H and O–H groups in total. The Labute approximate surface area is 118 Å². The first-order valence-electron chi connectivity index (χ1n) is 6.76. The minimum Gasteiger partial charge on any atom is -0.493 e. The van der Waals surface area contributed by atoms with Gasteiger partial charge in [-0.05, 0) is 19.9 Å². The number of alkyl halides is 2. The predicted molar refractivity (Wildman–Crippen MR) is 72.3 cm³/mol. The van der Waals surface area contributed by atoms with Gasteiger partial charge in [-0.15, -0.1) is 0 Å². The Morgan fingerprint density at radius 3 is 2.75 bits per heavy atom. The second kappa shape index (κ2) is 8.86. The molecule has 20 heavy (non-hydrogen) atoms. The second-order valence-corrected chi connectivity index (χ2v) is 4.42. The van der Waals surface area contributed by atoms with Crippen LogP contribution in [0.15, 0.2) is 6.20 Å². The van der Waals surface area contributed by atoms with E-state index < -0.39 is 13.0 Å². The lowest BCUT2D eigenvalue weighted by molar-refractivity contribution is 0.0143. The number of hydrogen-bond donors (Lipinski definition) is 1. The van der Waals surface area contributed by atoms with Crippen LogP contribution in [-0.4, -0.2) is 43.6 Å². The fraction of sp³-hybridized carbons (Fsp3) is 0.769. The third kappa shape index (κ3) is 4.72. The van der Waals surface area contributed by atoms with Crippen LogP contribution in [0, 0.1) is 0 Å². The van der Waals surface area contributed by atoms with Gasteiger partial charge in [-0.2, -0.15) is 5.10 Å². The molecule has 5 nitrogen and oxygen atoms in total. The summed E-state index contributed by atoms with van der Waals surface area (Å²) in [7, 11) is 3.41. The largest absolute Gasteiger partial charge is 0.493 e. The van der Waals surface area contributed by atoms with Crippen LogP contribution in [0.1, 0.15) is 31.5 Å². The third-order valence-electron chi connectivity index (χ3n) is 2.97. The molecule has 0 fully saturated rings. The van der Waals surface area contributed by atoms with Crippen LogP contribution < -0.4 is 10.1 Å². The van der Waals surface area contributed by atoms with Crippen LogP contribution in [0.3, 0.4) is 0 Å². The Hall–Kier alpha value is -1.21. The number of methoxy groups -OCH3 is 1. The van der Waals surface area contributed by atoms with Gasteiger partial charge in [0, 0.05) is 13.2 Å². The molecular weight excluding hydrogens is 268 g/mol. The van der Waals surface area contributed by atoms with E-state index in [0.29, 0.717) is 12.2 Å². The van der Waals surface area contributed by atoms with E-state index in [1.165, 1.54) is 0 Å². The topological polar surface area (TPSA) is 48.3 Å². The van der Waals surface area contributed by atoms with Gasteiger partial charge in [-0.3, -0.25) is 4.68 Å². The molecule has 1 rings (SSSR count). The molecule has 0 aliphatic rings. The Bertz CT molecular complexity index is 386. The van der Waals surface area contributed by atoms with Crippen LogP contribution in [-0.2, 0) is 11.3 Å². The number of nitrogens with one attached hydrogen (secondary N) is 1. The fourth-order valence-electron chi connectivity index (χ4n) is 2.07. The van der Waals surface area contributed by atoms with Gasteiger partial charge in [-0.1, -0.05) is 6.92 Å². The summed E-state index contributed by atoms with van der Waals surface area (Å²) in [4.78, 5) is 0. The molecule has 0 spiro atoms. The van der Waals surface area contributed by atoms with E-state index in [0.717, 1.165) is 18.7 Å². The van der Waals surface area contributed by atoms with Gasteiger partial charge in [0.2, 0.25) is 0 Å². The standard InChI is InChI=1S/C13H23F2N3O2/c1-4-6-18-13(11(19-3)8-17-18)10(16-2)5-7-20-9-12(14)15/h8,10,12,16H,4-7,9H2,1-3H3. The molecule has 1 aromatic rings. The van der Waals surface area contributed by atoms with Crippen molar-refractivity contribution in [2.24, 2.45) is 0 Å². The maximum atomic E-state index is 12.0. The van der Waals surface area contributed by atoms with E-state index in [-0.39, 0.29) is 12.6 Å². The molecule has 0 aliphatic carbocycles. The van der Waals surface area contributed by atoms with Crippen molar-refractivity contribution in [3.63, 3.8) is 0 Å². The van der Waals surface area contributed by atoms with Crippen LogP contribution in [0.4, 0.5) is 8.78 Å². The summed E-state index contributed by atoms with van der Waals surface area (Å²) in [5.74, 6) is 0.701. The summed E-state index contributed by atoms with van der Waals surface area (Å²) < 4.78 is 36.2. The highest BCUT2D eigenvalue weighted by atomic mass is 19.3. The molecule has 0 aliphatic heterocycles. The van der Waals surface area contributed by atoms with Crippen molar-refractivity contribution in [3.8, 4) is 5.75 Å². The average molecular weight is 291 g/mol. The predicted octanol–water partition coefficient (Wildman–Crippen LogP) is 2.23. The Balaban J connectivity index is 2.69. The molecule has 0 radical (unpaired) electrons. The van der Waals surface area contributed by atoms with Crippen molar-refractivity contribution in [1.82, 2.24) is 15.1 Å². The first-order chi connectivity index (χ1) is 9.63. The summed E-state index contributed by atoms with van der Waals surface area (Å²) in [6.07, 6.45) is 0.781. The van der Waals surface area contributed by atoms with Crippen molar-refractivity contribution in [2.45, 2.75) is 38.8 Å². The van der Waals surface area contributed by atoms with E-state index in [9.17, 15) is 8.78 Å². The summed E-state index contributed by atoms with van der Waals surface area (Å²) in [5, 5.41) is 7.45. The molecule has 1 aromatic heterocycles. The van der Waals surface area contributed by atoms with Crippen LogP contribution >= 0.6 is 0 Å². The minimum absolute atomic E-state index is 0.0447. The molecular formula is C13H23F2N3O2. The molecule has 0 amide bonds. The van der Waals surface area contributed by atoms with Gasteiger partial charge < -0.3 is 14.8 Å². The minimum atomic E-state index is -2.43. The number of aromatic nitrogens is 2. The SMILES string of the molecule is CCCn1ncc(OC)c1C(CCOCC(F)F)NC. The lowest BCUT2D eigenvalue weighted by Gasteiger charge is -2.19. The Kier molecular flexibility index (Phi) is 7.46. The zero-order chi connectivity index (χ0) is 15.0. The smallest absolute Gasteiger partial charge is 0.261 e. The van der Waals surface area contributed by atoms with Gasteiger partial charge in [0.25, 0.3) is 6.43 Å². The maximum absolute atomic E-state index is 12.0. The second-order valence-electron chi connectivity index (χ2n) is 4.42. The van der Waals surface area contributed by atoms with Gasteiger partial charge in [0.1, 0.15) is 6.61 Å². The number of halogens is 2. The summed E-state index contributed by atoms with van der Waals surface area (Å²) in [5.41, 5.74) is 0.928. The van der Waals surface area contributed by atoms with E-state index in [1.807, 2.05) is 11.7 Å². The highest BCUT2D eigenvalue weighted by Gasteiger charge is 2.20. The summed E-state index contributed by atoms with van der Waals surface area (Å²) in [6.45, 7) is 2.59. The molecule has 1 heterocycles. The van der Waals surface area contributed by atoms with Crippen LogP contribution in [0.25, 0.3) is 0 Å². The monoisotopic (exact) mass is 291 g/mol. The number of nitrogens with zero attached hydrogens (tertiary/aromatic N) is 2. The summed E-state index contributed by atoms with van der Waals surface area (Å²) in [6, 6.07) is -0.0447. The lowest BCUT2D eigenvalue weighted by Crippen LogP contribution is -2.23. The van der Waals surface area contributed by atoms with E-state index >= 15 is 0 Å². The van der Waals surface area contributed by atoms with Crippen LogP contribution in [0.5, 0.6) is 5.75 Å². The normalized spacial score (nSPS) is 12.9. The highest BCUT2D eigenvalue weighted by molar-refractivity contribution is 5.28. The van der Waals surface area contributed by atoms with Gasteiger partial charge >= 0.3 is 0 Å². The average Bonchev–Trinajstić information content (AvgIpc) is 2.82. The lowest BCUT2D eigenvalue weighted by atomic mass is 10.1. The van der Waals surface area contributed by atoms with Crippen molar-refractivity contribution in [1.29, 1.82) is 0 Å². The molecule has 7 heteroatoms. The Morgan fingerprint density at radius 1 is 1.45 bits per heavy atom. The molecule has 1 unspecified atom stereocenters. The Morgan fingerprint density at radius 2 is 2.20 bits per heavy atom. The zero-order valence-corrected chi connectivity index (χ0v) is 12.2. The van der Waals surface area contributed by atoms with Gasteiger partial charge in [0.15, 0.2) is 5.75 Å². The first kappa shape index (κ1) is 16.8. The van der Waals surface area contributed by atoms with Gasteiger partial charge in [0.05, 0.1) is 25.0 Å². The number of aryl methyl sites for hydroxylation is 1. The third-order valence-corrected chi connectivity index (χ3v) is 2.97. The molecule has 0 saturated carbocycles. The van der Waals surface area contributed by atoms with Crippen molar-refractivity contribution < 1.29 is 18.3 Å². The quantitative estimate of drug-likeness (QED) is 0.672. The molecule has 1 atom stereocenters. The van der Waals surface area contributed by atoms with Crippen molar-refractivity contribution in [2.75, 3.05) is 27.4 Å². The van der Waals surface area contributed by atoms with E-state index in [4.69, 9.17) is 9.47 Å². The molecule has 0 saturated heterocycles. The van der Waals surface area contributed by atoms with Crippen molar-refractivity contribution >= 4 is 0 Å². The number of hydrogen-bond acceptors (Lipinski definition) is 4. The maximum Gasteiger partial charge on any atom is 0.261 e. The van der Waals surface area contributed by atoms with E-state index in [2.05, 4.69) is 17.3 Å². The fourth-order valence-corrected chi connectivity index (χ4v) is 2.07. The summed E-state index contributed by atoms with van der Waals surface area (Å²) >= 11 is 0. The molecule has 0 bridgehead atoms. The molecule has 116 valence electrons. The highest BCUT2D eigenvalue weighted by Crippen LogP contribution is 2.27. The molecule has 0 aromatic carbocycles. The number of rotatable bonds is 10.